The van der Waals surface area contributed by atoms with E-state index in [1.807, 2.05) is 36.4 Å². The van der Waals surface area contributed by atoms with Crippen molar-refractivity contribution in [2.45, 2.75) is 15.5 Å². The van der Waals surface area contributed by atoms with Crippen LogP contribution in [0.5, 0.6) is 5.75 Å². The number of ether oxygens (including phenoxy) is 1. The lowest BCUT2D eigenvalue weighted by Gasteiger charge is -2.02. The molecule has 118 valence electrons. The first-order valence-corrected chi connectivity index (χ1v) is 9.41. The minimum Gasteiger partial charge on any atom is -0.497 e. The van der Waals surface area contributed by atoms with Crippen molar-refractivity contribution in [2.24, 2.45) is 0 Å². The molecule has 23 heavy (non-hydrogen) atoms. The zero-order valence-electron chi connectivity index (χ0n) is 12.6. The fourth-order valence-corrected chi connectivity index (χ4v) is 5.07. The summed E-state index contributed by atoms with van der Waals surface area (Å²) in [7, 11) is -1.79. The molecule has 0 radical (unpaired) electrons. The topological polar surface area (TPSA) is 43.4 Å². The standard InChI is InChI=1S/C18H16O3S2/c1-21-15-9-7-14(8-10-15)13-16-11-12-18(22-16)23(19,20)17-5-3-2-4-6-17/h2-12H,13H2,1H3. The summed E-state index contributed by atoms with van der Waals surface area (Å²) >= 11 is 1.32. The normalized spacial score (nSPS) is 11.3. The lowest BCUT2D eigenvalue weighted by molar-refractivity contribution is 0.414. The number of thiophene rings is 1. The van der Waals surface area contributed by atoms with E-state index in [0.29, 0.717) is 15.5 Å². The van der Waals surface area contributed by atoms with Gasteiger partial charge < -0.3 is 4.74 Å². The smallest absolute Gasteiger partial charge is 0.215 e. The summed E-state index contributed by atoms with van der Waals surface area (Å²) in [6.07, 6.45) is 0.707. The second kappa shape index (κ2) is 6.56. The van der Waals surface area contributed by atoms with Gasteiger partial charge in [0.2, 0.25) is 9.84 Å². The van der Waals surface area contributed by atoms with Gasteiger partial charge in [-0.15, -0.1) is 11.3 Å². The van der Waals surface area contributed by atoms with E-state index in [9.17, 15) is 8.42 Å². The fraction of sp³-hybridized carbons (Fsp3) is 0.111. The second-order valence-electron chi connectivity index (χ2n) is 5.06. The van der Waals surface area contributed by atoms with E-state index in [4.69, 9.17) is 4.74 Å². The van der Waals surface area contributed by atoms with Crippen LogP contribution in [-0.4, -0.2) is 15.5 Å². The van der Waals surface area contributed by atoms with E-state index in [-0.39, 0.29) is 0 Å². The highest BCUT2D eigenvalue weighted by atomic mass is 32.2. The number of hydrogen-bond acceptors (Lipinski definition) is 4. The van der Waals surface area contributed by atoms with Gasteiger partial charge in [0.1, 0.15) is 9.96 Å². The molecule has 0 unspecified atom stereocenters. The first kappa shape index (κ1) is 15.8. The Morgan fingerprint density at radius 2 is 1.61 bits per heavy atom. The van der Waals surface area contributed by atoms with Gasteiger partial charge in [0.15, 0.2) is 0 Å². The summed E-state index contributed by atoms with van der Waals surface area (Å²) in [4.78, 5) is 1.35. The Morgan fingerprint density at radius 1 is 0.913 bits per heavy atom. The van der Waals surface area contributed by atoms with Crippen LogP contribution < -0.4 is 4.74 Å². The fourth-order valence-electron chi connectivity index (χ4n) is 2.26. The maximum atomic E-state index is 12.6. The Balaban J connectivity index is 1.83. The van der Waals surface area contributed by atoms with Gasteiger partial charge in [-0.1, -0.05) is 30.3 Å². The minimum absolute atomic E-state index is 0.331. The number of hydrogen-bond donors (Lipinski definition) is 0. The molecular weight excluding hydrogens is 328 g/mol. The summed E-state index contributed by atoms with van der Waals surface area (Å²) in [5, 5.41) is 0. The van der Waals surface area contributed by atoms with Gasteiger partial charge in [-0.05, 0) is 42.0 Å². The molecule has 0 fully saturated rings. The molecule has 0 bridgehead atoms. The lowest BCUT2D eigenvalue weighted by atomic mass is 10.1. The van der Waals surface area contributed by atoms with Crippen molar-refractivity contribution in [1.29, 1.82) is 0 Å². The number of methoxy groups -OCH3 is 1. The van der Waals surface area contributed by atoms with Crippen LogP contribution in [0, 0.1) is 0 Å². The van der Waals surface area contributed by atoms with Crippen LogP contribution in [0.4, 0.5) is 0 Å². The van der Waals surface area contributed by atoms with E-state index in [1.54, 1.807) is 37.4 Å². The van der Waals surface area contributed by atoms with Gasteiger partial charge in [0.05, 0.1) is 12.0 Å². The van der Waals surface area contributed by atoms with Gasteiger partial charge in [0.25, 0.3) is 0 Å². The summed E-state index contributed by atoms with van der Waals surface area (Å²) in [5.74, 6) is 0.812. The van der Waals surface area contributed by atoms with Gasteiger partial charge in [-0.2, -0.15) is 0 Å². The monoisotopic (exact) mass is 344 g/mol. The molecule has 0 N–H and O–H groups in total. The van der Waals surface area contributed by atoms with Crippen molar-refractivity contribution in [2.75, 3.05) is 7.11 Å². The average Bonchev–Trinajstić information content (AvgIpc) is 3.06. The summed E-state index contributed by atoms with van der Waals surface area (Å²) in [6, 6.07) is 19.9. The van der Waals surface area contributed by atoms with Crippen molar-refractivity contribution in [1.82, 2.24) is 0 Å². The van der Waals surface area contributed by atoms with Gasteiger partial charge in [-0.3, -0.25) is 0 Å². The third-order valence-electron chi connectivity index (χ3n) is 3.49. The lowest BCUT2D eigenvalue weighted by Crippen LogP contribution is -1.98. The molecular formula is C18H16O3S2. The Bertz CT molecular complexity index is 880. The van der Waals surface area contributed by atoms with Gasteiger partial charge >= 0.3 is 0 Å². The van der Waals surface area contributed by atoms with Crippen molar-refractivity contribution < 1.29 is 13.2 Å². The highest BCUT2D eigenvalue weighted by Gasteiger charge is 2.19. The van der Waals surface area contributed by atoms with Crippen LogP contribution in [0.15, 0.2) is 75.8 Å². The number of sulfone groups is 1. The molecule has 0 atom stereocenters. The molecule has 5 heteroatoms. The molecule has 0 saturated heterocycles. The Kier molecular flexibility index (Phi) is 4.50. The zero-order chi connectivity index (χ0) is 16.3. The minimum atomic E-state index is -3.42. The summed E-state index contributed by atoms with van der Waals surface area (Å²) < 4.78 is 30.7. The zero-order valence-corrected chi connectivity index (χ0v) is 14.2. The Labute approximate surface area is 140 Å². The third kappa shape index (κ3) is 3.46. The Morgan fingerprint density at radius 3 is 2.26 bits per heavy atom. The highest BCUT2D eigenvalue weighted by Crippen LogP contribution is 2.29. The van der Waals surface area contributed by atoms with E-state index in [1.165, 1.54) is 11.3 Å². The van der Waals surface area contributed by atoms with Crippen LogP contribution in [0.25, 0.3) is 0 Å². The van der Waals surface area contributed by atoms with Crippen molar-refractivity contribution in [3.8, 4) is 5.75 Å². The third-order valence-corrected chi connectivity index (χ3v) is 6.84. The van der Waals surface area contributed by atoms with E-state index in [2.05, 4.69) is 0 Å². The highest BCUT2D eigenvalue weighted by molar-refractivity contribution is 7.93. The number of rotatable bonds is 5. The van der Waals surface area contributed by atoms with E-state index in [0.717, 1.165) is 16.2 Å². The maximum absolute atomic E-state index is 12.6. The van der Waals surface area contributed by atoms with Crippen LogP contribution in [0.2, 0.25) is 0 Å². The van der Waals surface area contributed by atoms with Crippen molar-refractivity contribution >= 4 is 21.2 Å². The molecule has 0 aliphatic carbocycles. The van der Waals surface area contributed by atoms with E-state index < -0.39 is 9.84 Å². The van der Waals surface area contributed by atoms with Crippen LogP contribution in [0.1, 0.15) is 10.4 Å². The predicted molar refractivity (Wildman–Crippen MR) is 92.0 cm³/mol. The molecule has 1 heterocycles. The van der Waals surface area contributed by atoms with Crippen molar-refractivity contribution in [3.63, 3.8) is 0 Å². The van der Waals surface area contributed by atoms with Crippen molar-refractivity contribution in [3.05, 3.63) is 77.2 Å². The van der Waals surface area contributed by atoms with Crippen LogP contribution in [0.3, 0.4) is 0 Å². The second-order valence-corrected chi connectivity index (χ2v) is 8.41. The molecule has 2 aromatic carbocycles. The number of benzene rings is 2. The first-order valence-electron chi connectivity index (χ1n) is 7.11. The van der Waals surface area contributed by atoms with Crippen LogP contribution in [-0.2, 0) is 16.3 Å². The first-order chi connectivity index (χ1) is 11.1. The van der Waals surface area contributed by atoms with E-state index >= 15 is 0 Å². The van der Waals surface area contributed by atoms with Gasteiger partial charge in [0, 0.05) is 11.3 Å². The summed E-state index contributed by atoms with van der Waals surface area (Å²) in [6.45, 7) is 0. The SMILES string of the molecule is COc1ccc(Cc2ccc(S(=O)(=O)c3ccccc3)s2)cc1. The molecule has 1 aromatic heterocycles. The Hall–Kier alpha value is -2.11. The largest absolute Gasteiger partial charge is 0.497 e. The summed E-state index contributed by atoms with van der Waals surface area (Å²) in [5.41, 5.74) is 1.12. The molecule has 0 saturated carbocycles. The molecule has 3 aromatic rings. The molecule has 3 nitrogen and oxygen atoms in total. The molecule has 3 rings (SSSR count). The average molecular weight is 344 g/mol. The predicted octanol–water partition coefficient (Wildman–Crippen LogP) is 4.18. The molecule has 0 aliphatic heterocycles. The molecule has 0 spiro atoms. The molecule has 0 amide bonds. The maximum Gasteiger partial charge on any atom is 0.215 e. The molecule has 0 aliphatic rings. The van der Waals surface area contributed by atoms with Gasteiger partial charge in [-0.25, -0.2) is 8.42 Å². The quantitative estimate of drug-likeness (QED) is 0.697. The van der Waals surface area contributed by atoms with Crippen LogP contribution >= 0.6 is 11.3 Å².